The van der Waals surface area contributed by atoms with Gasteiger partial charge in [-0.15, -0.1) is 0 Å². The number of hydrogen-bond donors (Lipinski definition) is 1. The second-order valence-electron chi connectivity index (χ2n) is 6.57. The van der Waals surface area contributed by atoms with Crippen LogP contribution in [-0.2, 0) is 4.79 Å². The number of nitrogens with one attached hydrogen (secondary N) is 1. The van der Waals surface area contributed by atoms with Gasteiger partial charge in [-0.3, -0.25) is 4.79 Å². The van der Waals surface area contributed by atoms with E-state index in [0.29, 0.717) is 28.0 Å². The van der Waals surface area contributed by atoms with Crippen molar-refractivity contribution in [2.75, 3.05) is 5.32 Å². The highest BCUT2D eigenvalue weighted by Gasteiger charge is 2.18. The van der Waals surface area contributed by atoms with Crippen LogP contribution in [0.25, 0.3) is 0 Å². The van der Waals surface area contributed by atoms with E-state index in [4.69, 9.17) is 21.1 Å². The van der Waals surface area contributed by atoms with Crippen molar-refractivity contribution in [1.82, 2.24) is 0 Å². The predicted molar refractivity (Wildman–Crippen MR) is 113 cm³/mol. The molecule has 5 heteroatoms. The monoisotopic (exact) mass is 395 g/mol. The number of benzene rings is 3. The summed E-state index contributed by atoms with van der Waals surface area (Å²) < 4.78 is 11.7. The van der Waals surface area contributed by atoms with Crippen molar-refractivity contribution < 1.29 is 14.3 Å². The van der Waals surface area contributed by atoms with Crippen molar-refractivity contribution in [3.05, 3.63) is 82.9 Å². The van der Waals surface area contributed by atoms with E-state index in [0.717, 1.165) is 11.1 Å². The zero-order valence-corrected chi connectivity index (χ0v) is 16.8. The molecule has 0 spiro atoms. The van der Waals surface area contributed by atoms with Gasteiger partial charge in [0, 0.05) is 5.02 Å². The fraction of sp³-hybridized carbons (Fsp3) is 0.174. The zero-order valence-electron chi connectivity index (χ0n) is 16.0. The summed E-state index contributed by atoms with van der Waals surface area (Å²) in [6.45, 7) is 5.64. The topological polar surface area (TPSA) is 47.6 Å². The molecule has 0 saturated heterocycles. The maximum absolute atomic E-state index is 12.7. The molecule has 0 aromatic heterocycles. The standard InChI is InChI=1S/C23H22ClNO3/c1-15-9-10-16(2)22(13-15)27-17(3)23(26)25-20-14-18(24)11-12-21(20)28-19-7-5-4-6-8-19/h4-14,17H,1-3H3,(H,25,26). The van der Waals surface area contributed by atoms with Crippen LogP contribution in [-0.4, -0.2) is 12.0 Å². The minimum atomic E-state index is -0.691. The molecule has 0 saturated carbocycles. The summed E-state index contributed by atoms with van der Waals surface area (Å²) in [5.74, 6) is 1.57. The first kappa shape index (κ1) is 19.8. The van der Waals surface area contributed by atoms with E-state index in [-0.39, 0.29) is 5.91 Å². The molecule has 3 rings (SSSR count). The maximum atomic E-state index is 12.7. The number of halogens is 1. The Morgan fingerprint density at radius 3 is 2.46 bits per heavy atom. The van der Waals surface area contributed by atoms with E-state index < -0.39 is 6.10 Å². The lowest BCUT2D eigenvalue weighted by molar-refractivity contribution is -0.122. The normalized spacial score (nSPS) is 11.6. The lowest BCUT2D eigenvalue weighted by Crippen LogP contribution is -2.30. The van der Waals surface area contributed by atoms with Gasteiger partial charge in [0.05, 0.1) is 5.69 Å². The molecule has 0 radical (unpaired) electrons. The summed E-state index contributed by atoms with van der Waals surface area (Å²) in [7, 11) is 0. The van der Waals surface area contributed by atoms with Crippen LogP contribution in [0.15, 0.2) is 66.7 Å². The van der Waals surface area contributed by atoms with Gasteiger partial charge >= 0.3 is 0 Å². The van der Waals surface area contributed by atoms with Gasteiger partial charge in [-0.25, -0.2) is 0 Å². The first-order valence-electron chi connectivity index (χ1n) is 8.99. The Morgan fingerprint density at radius 2 is 1.71 bits per heavy atom. The second kappa shape index (κ2) is 8.81. The first-order valence-corrected chi connectivity index (χ1v) is 9.37. The predicted octanol–water partition coefficient (Wildman–Crippen LogP) is 6.16. The van der Waals surface area contributed by atoms with Gasteiger partial charge in [0.1, 0.15) is 11.5 Å². The molecule has 0 aliphatic heterocycles. The number of hydrogen-bond acceptors (Lipinski definition) is 3. The molecule has 3 aromatic rings. The molecule has 1 atom stereocenters. The minimum absolute atomic E-state index is 0.291. The van der Waals surface area contributed by atoms with Gasteiger partial charge in [-0.2, -0.15) is 0 Å². The minimum Gasteiger partial charge on any atom is -0.481 e. The van der Waals surface area contributed by atoms with Gasteiger partial charge in [-0.1, -0.05) is 41.9 Å². The SMILES string of the molecule is Cc1ccc(C)c(OC(C)C(=O)Nc2cc(Cl)ccc2Oc2ccccc2)c1. The first-order chi connectivity index (χ1) is 13.4. The molecule has 4 nitrogen and oxygen atoms in total. The Morgan fingerprint density at radius 1 is 0.964 bits per heavy atom. The van der Waals surface area contributed by atoms with Crippen LogP contribution in [0.3, 0.4) is 0 Å². The fourth-order valence-corrected chi connectivity index (χ4v) is 2.79. The molecule has 0 heterocycles. The van der Waals surface area contributed by atoms with E-state index >= 15 is 0 Å². The average Bonchev–Trinajstić information content (AvgIpc) is 2.67. The van der Waals surface area contributed by atoms with Crippen LogP contribution >= 0.6 is 11.6 Å². The molecule has 144 valence electrons. The Labute approximate surface area is 170 Å². The van der Waals surface area contributed by atoms with Crippen LogP contribution < -0.4 is 14.8 Å². The molecule has 0 aliphatic carbocycles. The lowest BCUT2D eigenvalue weighted by atomic mass is 10.1. The summed E-state index contributed by atoms with van der Waals surface area (Å²) in [5.41, 5.74) is 2.53. The molecule has 28 heavy (non-hydrogen) atoms. The molecule has 0 fully saturated rings. The molecule has 1 amide bonds. The highest BCUT2D eigenvalue weighted by Crippen LogP contribution is 2.32. The van der Waals surface area contributed by atoms with Crippen molar-refractivity contribution in [3.63, 3.8) is 0 Å². The summed E-state index contributed by atoms with van der Waals surface area (Å²) in [5, 5.41) is 3.35. The maximum Gasteiger partial charge on any atom is 0.265 e. The molecule has 3 aromatic carbocycles. The van der Waals surface area contributed by atoms with Crippen molar-refractivity contribution in [2.24, 2.45) is 0 Å². The molecular weight excluding hydrogens is 374 g/mol. The van der Waals surface area contributed by atoms with Crippen LogP contribution in [0.5, 0.6) is 17.2 Å². The molecular formula is C23H22ClNO3. The molecule has 1 N–H and O–H groups in total. The quantitative estimate of drug-likeness (QED) is 0.544. The van der Waals surface area contributed by atoms with Gasteiger partial charge < -0.3 is 14.8 Å². The van der Waals surface area contributed by atoms with E-state index in [1.165, 1.54) is 0 Å². The van der Waals surface area contributed by atoms with Crippen LogP contribution in [0.4, 0.5) is 5.69 Å². The number of amides is 1. The van der Waals surface area contributed by atoms with Crippen LogP contribution in [0.2, 0.25) is 5.02 Å². The Balaban J connectivity index is 1.75. The second-order valence-corrected chi connectivity index (χ2v) is 7.01. The third kappa shape index (κ3) is 5.05. The van der Waals surface area contributed by atoms with E-state index in [1.807, 2.05) is 62.4 Å². The largest absolute Gasteiger partial charge is 0.481 e. The van der Waals surface area contributed by atoms with Crippen molar-refractivity contribution in [1.29, 1.82) is 0 Å². The smallest absolute Gasteiger partial charge is 0.265 e. The summed E-state index contributed by atoms with van der Waals surface area (Å²) in [4.78, 5) is 12.7. The number of carbonyl (C=O) groups excluding carboxylic acids is 1. The van der Waals surface area contributed by atoms with E-state index in [2.05, 4.69) is 5.32 Å². The summed E-state index contributed by atoms with van der Waals surface area (Å²) in [6, 6.07) is 20.3. The van der Waals surface area contributed by atoms with E-state index in [1.54, 1.807) is 25.1 Å². The Kier molecular flexibility index (Phi) is 6.22. The van der Waals surface area contributed by atoms with E-state index in [9.17, 15) is 4.79 Å². The summed E-state index contributed by atoms with van der Waals surface area (Å²) >= 11 is 6.11. The number of rotatable bonds is 6. The summed E-state index contributed by atoms with van der Waals surface area (Å²) in [6.07, 6.45) is -0.691. The molecule has 0 bridgehead atoms. The highest BCUT2D eigenvalue weighted by atomic mass is 35.5. The molecule has 0 aliphatic rings. The number of carbonyl (C=O) groups is 1. The Hall–Kier alpha value is -2.98. The highest BCUT2D eigenvalue weighted by molar-refractivity contribution is 6.31. The van der Waals surface area contributed by atoms with Gasteiger partial charge in [0.25, 0.3) is 5.91 Å². The van der Waals surface area contributed by atoms with Gasteiger partial charge in [0.15, 0.2) is 11.9 Å². The number of aryl methyl sites for hydroxylation is 2. The van der Waals surface area contributed by atoms with Crippen molar-refractivity contribution >= 4 is 23.2 Å². The van der Waals surface area contributed by atoms with Crippen LogP contribution in [0.1, 0.15) is 18.1 Å². The third-order valence-electron chi connectivity index (χ3n) is 4.19. The van der Waals surface area contributed by atoms with Gasteiger partial charge in [0.2, 0.25) is 0 Å². The number of ether oxygens (including phenoxy) is 2. The van der Waals surface area contributed by atoms with Gasteiger partial charge in [-0.05, 0) is 68.3 Å². The average molecular weight is 396 g/mol. The fourth-order valence-electron chi connectivity index (χ4n) is 2.62. The van der Waals surface area contributed by atoms with Crippen molar-refractivity contribution in [3.8, 4) is 17.2 Å². The number of anilines is 1. The zero-order chi connectivity index (χ0) is 20.1. The van der Waals surface area contributed by atoms with Crippen molar-refractivity contribution in [2.45, 2.75) is 26.9 Å². The molecule has 1 unspecified atom stereocenters. The number of para-hydroxylation sites is 1. The lowest BCUT2D eigenvalue weighted by Gasteiger charge is -2.18. The Bertz CT molecular complexity index is 973. The third-order valence-corrected chi connectivity index (χ3v) is 4.42. The van der Waals surface area contributed by atoms with Crippen LogP contribution in [0, 0.1) is 13.8 Å².